The van der Waals surface area contributed by atoms with E-state index in [1.807, 2.05) is 6.92 Å². The molecule has 0 saturated heterocycles. The number of halogens is 4. The highest BCUT2D eigenvalue weighted by molar-refractivity contribution is 7.89. The molecule has 2 heterocycles. The van der Waals surface area contributed by atoms with Crippen molar-refractivity contribution in [2.45, 2.75) is 37.9 Å². The number of hydrogen-bond donors (Lipinski definition) is 2. The van der Waals surface area contributed by atoms with Gasteiger partial charge in [-0.05, 0) is 43.2 Å². The smallest absolute Gasteiger partial charge is 0.421 e. The van der Waals surface area contributed by atoms with E-state index in [-0.39, 0.29) is 18.5 Å². The number of rotatable bonds is 7. The number of carbonyl (C=O) groups is 1. The third-order valence-corrected chi connectivity index (χ3v) is 7.65. The normalized spacial score (nSPS) is 12.3. The number of fused-ring (bicyclic) bond motifs is 1. The van der Waals surface area contributed by atoms with Crippen molar-refractivity contribution >= 4 is 38.8 Å². The summed E-state index contributed by atoms with van der Waals surface area (Å²) in [6.07, 6.45) is -4.60. The summed E-state index contributed by atoms with van der Waals surface area (Å²) < 4.78 is 67.3. The van der Waals surface area contributed by atoms with Gasteiger partial charge in [0.25, 0.3) is 10.0 Å². The number of sulfonamides is 1. The molecule has 2 aromatic heterocycles. The zero-order valence-electron chi connectivity index (χ0n) is 19.5. The minimum atomic E-state index is -4.61. The molecule has 0 saturated carbocycles. The number of aromatic nitrogens is 4. The molecule has 4 rings (SSSR count). The number of imidazole rings is 2. The fourth-order valence-corrected chi connectivity index (χ4v) is 5.38. The van der Waals surface area contributed by atoms with Gasteiger partial charge in [0.2, 0.25) is 0 Å². The Morgan fingerprint density at radius 3 is 2.41 bits per heavy atom. The number of amides is 1. The second-order valence-corrected chi connectivity index (χ2v) is 10.4. The zero-order chi connectivity index (χ0) is 27.1. The van der Waals surface area contributed by atoms with Crippen LogP contribution in [0, 0.1) is 6.92 Å². The van der Waals surface area contributed by atoms with Crippen LogP contribution in [0.5, 0.6) is 0 Å². The number of carboxylic acid groups (broad SMARTS) is 1. The Bertz CT molecular complexity index is 1580. The minimum absolute atomic E-state index is 0.0846. The second kappa shape index (κ2) is 9.71. The predicted octanol–water partition coefficient (Wildman–Crippen LogP) is 5.20. The van der Waals surface area contributed by atoms with Crippen molar-refractivity contribution in [3.63, 3.8) is 0 Å². The molecule has 37 heavy (non-hydrogen) atoms. The van der Waals surface area contributed by atoms with Gasteiger partial charge >= 0.3 is 12.3 Å². The van der Waals surface area contributed by atoms with Gasteiger partial charge in [-0.15, -0.1) is 0 Å². The summed E-state index contributed by atoms with van der Waals surface area (Å²) in [6, 6.07) is 8.89. The molecular formula is C23H21ClF3N5O4S. The Hall–Kier alpha value is -3.58. The van der Waals surface area contributed by atoms with Gasteiger partial charge in [0.15, 0.2) is 5.03 Å². The fraction of sp³-hybridized carbons (Fsp3) is 0.261. The van der Waals surface area contributed by atoms with Crippen molar-refractivity contribution in [1.29, 1.82) is 0 Å². The fourth-order valence-electron chi connectivity index (χ4n) is 3.89. The number of hydrogen-bond acceptors (Lipinski definition) is 5. The maximum absolute atomic E-state index is 13.3. The topological polar surface area (TPSA) is 121 Å². The number of aromatic amines is 1. The number of nitrogens with zero attached hydrogens (tertiary/aromatic N) is 4. The molecule has 2 aromatic carbocycles. The molecule has 2 N–H and O–H groups in total. The molecule has 14 heteroatoms. The minimum Gasteiger partial charge on any atom is -0.464 e. The highest BCUT2D eigenvalue weighted by atomic mass is 35.5. The van der Waals surface area contributed by atoms with Crippen LogP contribution >= 0.6 is 11.6 Å². The second-order valence-electron chi connectivity index (χ2n) is 8.14. The largest absolute Gasteiger partial charge is 0.464 e. The van der Waals surface area contributed by atoms with E-state index in [2.05, 4.69) is 15.0 Å². The van der Waals surface area contributed by atoms with Crippen LogP contribution in [0.25, 0.3) is 16.7 Å². The third-order valence-electron chi connectivity index (χ3n) is 5.68. The molecule has 0 aliphatic rings. The Balaban J connectivity index is 1.61. The number of aryl methyl sites for hydroxylation is 2. The van der Waals surface area contributed by atoms with E-state index >= 15 is 0 Å². The average molecular weight is 556 g/mol. The van der Waals surface area contributed by atoms with E-state index in [4.69, 9.17) is 11.6 Å². The Labute approximate surface area is 214 Å². The van der Waals surface area contributed by atoms with E-state index in [9.17, 15) is 31.5 Å². The molecule has 196 valence electrons. The molecule has 1 amide bonds. The highest BCUT2D eigenvalue weighted by Crippen LogP contribution is 2.37. The van der Waals surface area contributed by atoms with Gasteiger partial charge in [0, 0.05) is 24.8 Å². The molecule has 4 aromatic rings. The molecule has 0 aliphatic heterocycles. The molecule has 0 spiro atoms. The van der Waals surface area contributed by atoms with E-state index < -0.39 is 37.9 Å². The van der Waals surface area contributed by atoms with Gasteiger partial charge in [-0.25, -0.2) is 14.8 Å². The van der Waals surface area contributed by atoms with Crippen molar-refractivity contribution in [3.05, 3.63) is 70.4 Å². The summed E-state index contributed by atoms with van der Waals surface area (Å²) in [4.78, 5) is 22.5. The number of alkyl halides is 3. The van der Waals surface area contributed by atoms with Gasteiger partial charge in [-0.3, -0.25) is 4.57 Å². The average Bonchev–Trinajstić information content (AvgIpc) is 3.41. The summed E-state index contributed by atoms with van der Waals surface area (Å²) in [5.41, 5.74) is 0.831. The van der Waals surface area contributed by atoms with E-state index in [0.29, 0.717) is 39.1 Å². The first kappa shape index (κ1) is 26.5. The summed E-state index contributed by atoms with van der Waals surface area (Å²) >= 11 is 5.93. The van der Waals surface area contributed by atoms with Crippen molar-refractivity contribution in [3.8, 4) is 5.69 Å². The molecule has 0 atom stereocenters. The van der Waals surface area contributed by atoms with E-state index in [1.54, 1.807) is 35.8 Å². The first-order valence-corrected chi connectivity index (χ1v) is 12.8. The quantitative estimate of drug-likeness (QED) is 0.323. The summed E-state index contributed by atoms with van der Waals surface area (Å²) in [6.45, 7) is 3.02. The molecule has 0 aliphatic carbocycles. The lowest BCUT2D eigenvalue weighted by molar-refractivity contribution is -0.137. The lowest BCUT2D eigenvalue weighted by Crippen LogP contribution is -2.37. The van der Waals surface area contributed by atoms with Crippen LogP contribution in [-0.2, 0) is 29.0 Å². The van der Waals surface area contributed by atoms with Gasteiger partial charge in [-0.1, -0.05) is 30.7 Å². The highest BCUT2D eigenvalue weighted by Gasteiger charge is 2.34. The maximum atomic E-state index is 13.3. The Morgan fingerprint density at radius 2 is 1.86 bits per heavy atom. The molecule has 0 fully saturated rings. The van der Waals surface area contributed by atoms with Crippen LogP contribution in [0.3, 0.4) is 0 Å². The van der Waals surface area contributed by atoms with Gasteiger partial charge < -0.3 is 10.1 Å². The lowest BCUT2D eigenvalue weighted by Gasteiger charge is -2.18. The molecule has 0 radical (unpaired) electrons. The van der Waals surface area contributed by atoms with Crippen LogP contribution in [0.2, 0.25) is 5.02 Å². The van der Waals surface area contributed by atoms with Crippen LogP contribution in [0.15, 0.2) is 47.6 Å². The van der Waals surface area contributed by atoms with Crippen molar-refractivity contribution in [1.82, 2.24) is 23.8 Å². The Kier molecular flexibility index (Phi) is 6.95. The van der Waals surface area contributed by atoms with Crippen LogP contribution < -0.4 is 0 Å². The van der Waals surface area contributed by atoms with Crippen LogP contribution in [0.4, 0.5) is 18.0 Å². The van der Waals surface area contributed by atoms with Crippen LogP contribution in [0.1, 0.15) is 29.7 Å². The van der Waals surface area contributed by atoms with Gasteiger partial charge in [0.1, 0.15) is 11.6 Å². The molecule has 9 nitrogen and oxygen atoms in total. The SMILES string of the molecule is CCc1nc2cc(C(F)(F)F)c(Cl)cc2n1-c1ccc(CCN(C(=O)O)S(=O)(=O)c2c[nH]c(C)n2)cc1. The molecular weight excluding hydrogens is 535 g/mol. The monoisotopic (exact) mass is 555 g/mol. The summed E-state index contributed by atoms with van der Waals surface area (Å²) in [7, 11) is -4.36. The molecule has 0 bridgehead atoms. The Morgan fingerprint density at radius 1 is 1.19 bits per heavy atom. The van der Waals surface area contributed by atoms with Gasteiger partial charge in [-0.2, -0.15) is 25.9 Å². The third kappa shape index (κ3) is 5.14. The number of benzene rings is 2. The zero-order valence-corrected chi connectivity index (χ0v) is 21.1. The maximum Gasteiger partial charge on any atom is 0.421 e. The predicted molar refractivity (Wildman–Crippen MR) is 129 cm³/mol. The van der Waals surface area contributed by atoms with E-state index in [1.165, 1.54) is 6.07 Å². The first-order valence-electron chi connectivity index (χ1n) is 11.0. The van der Waals surface area contributed by atoms with Crippen molar-refractivity contribution < 1.29 is 31.5 Å². The number of H-pyrrole nitrogens is 1. The van der Waals surface area contributed by atoms with Crippen LogP contribution in [-0.4, -0.2) is 50.0 Å². The molecule has 0 unspecified atom stereocenters. The first-order chi connectivity index (χ1) is 17.3. The number of nitrogens with one attached hydrogen (secondary N) is 1. The summed E-state index contributed by atoms with van der Waals surface area (Å²) in [5.74, 6) is 0.851. The van der Waals surface area contributed by atoms with Crippen molar-refractivity contribution in [2.24, 2.45) is 0 Å². The van der Waals surface area contributed by atoms with E-state index in [0.717, 1.165) is 12.3 Å². The van der Waals surface area contributed by atoms with Crippen molar-refractivity contribution in [2.75, 3.05) is 6.54 Å². The lowest BCUT2D eigenvalue weighted by atomic mass is 10.1. The standard InChI is InChI=1S/C23H21ClF3N5O4S/c1-3-20-30-18-10-16(23(25,26)27)17(24)11-19(18)32(20)15-6-4-14(5-7-15)8-9-31(22(33)34)37(35,36)21-12-28-13(2)29-21/h4-7,10-12H,3,8-9H2,1-2H3,(H,28,29)(H,33,34). The summed E-state index contributed by atoms with van der Waals surface area (Å²) in [5, 5.41) is 8.66. The van der Waals surface area contributed by atoms with Gasteiger partial charge in [0.05, 0.1) is 21.6 Å².